The first-order valence-electron chi connectivity index (χ1n) is 9.34. The summed E-state index contributed by atoms with van der Waals surface area (Å²) in [5, 5.41) is 2.50. The van der Waals surface area contributed by atoms with Gasteiger partial charge in [0.2, 0.25) is 0 Å². The number of halogens is 1. The van der Waals surface area contributed by atoms with Gasteiger partial charge in [-0.05, 0) is 30.7 Å². The predicted molar refractivity (Wildman–Crippen MR) is 113 cm³/mol. The van der Waals surface area contributed by atoms with Crippen LogP contribution in [0.25, 0.3) is 4.96 Å². The minimum absolute atomic E-state index is 0.00976. The molecule has 9 heteroatoms. The summed E-state index contributed by atoms with van der Waals surface area (Å²) in [7, 11) is 0. The summed E-state index contributed by atoms with van der Waals surface area (Å²) in [6.07, 6.45) is 1.73. The number of nitrogens with zero attached hydrogens (tertiary/aromatic N) is 4. The van der Waals surface area contributed by atoms with Crippen LogP contribution in [0.2, 0.25) is 5.02 Å². The molecule has 3 aromatic rings. The van der Waals surface area contributed by atoms with Crippen LogP contribution in [0.3, 0.4) is 0 Å². The van der Waals surface area contributed by atoms with E-state index in [0.29, 0.717) is 35.4 Å². The van der Waals surface area contributed by atoms with Crippen LogP contribution < -0.4 is 10.3 Å². The van der Waals surface area contributed by atoms with Gasteiger partial charge in [0.15, 0.2) is 11.6 Å². The van der Waals surface area contributed by atoms with E-state index in [2.05, 4.69) is 9.88 Å². The topological polar surface area (TPSA) is 67.2 Å². The number of fused-ring (bicyclic) bond motifs is 1. The van der Waals surface area contributed by atoms with Crippen LogP contribution in [0.15, 0.2) is 40.6 Å². The SMILES string of the molecule is Cc1cc(Cl)ccc1OCC(=O)N1CCN(Cc2cc(=O)n3ccsc3n2)CC1. The molecule has 0 radical (unpaired) electrons. The Morgan fingerprint density at radius 3 is 2.79 bits per heavy atom. The second kappa shape index (κ2) is 8.52. The molecule has 1 aliphatic heterocycles. The largest absolute Gasteiger partial charge is 0.483 e. The van der Waals surface area contributed by atoms with Gasteiger partial charge in [0.1, 0.15) is 5.75 Å². The number of aromatic nitrogens is 2. The Morgan fingerprint density at radius 1 is 1.24 bits per heavy atom. The molecule has 0 atom stereocenters. The number of thiazole rings is 1. The van der Waals surface area contributed by atoms with Gasteiger partial charge in [0, 0.05) is 55.4 Å². The Morgan fingerprint density at radius 2 is 2.03 bits per heavy atom. The minimum atomic E-state index is -0.0605. The van der Waals surface area contributed by atoms with Crippen LogP contribution in [0, 0.1) is 6.92 Å². The summed E-state index contributed by atoms with van der Waals surface area (Å²) in [6, 6.07) is 6.93. The summed E-state index contributed by atoms with van der Waals surface area (Å²) in [5.74, 6) is 0.637. The average molecular weight is 433 g/mol. The molecule has 0 saturated carbocycles. The second-order valence-corrected chi connectivity index (χ2v) is 8.31. The van der Waals surface area contributed by atoms with E-state index in [1.165, 1.54) is 11.3 Å². The first kappa shape index (κ1) is 19.9. The maximum atomic E-state index is 12.5. The molecule has 152 valence electrons. The van der Waals surface area contributed by atoms with Gasteiger partial charge in [-0.2, -0.15) is 0 Å². The first-order valence-corrected chi connectivity index (χ1v) is 10.6. The monoisotopic (exact) mass is 432 g/mol. The zero-order valence-corrected chi connectivity index (χ0v) is 17.6. The Bertz CT molecular complexity index is 1090. The van der Waals surface area contributed by atoms with Crippen molar-refractivity contribution in [2.24, 2.45) is 0 Å². The molecule has 7 nitrogen and oxygen atoms in total. The summed E-state index contributed by atoms with van der Waals surface area (Å²) < 4.78 is 7.22. The van der Waals surface area contributed by atoms with Gasteiger partial charge in [0.25, 0.3) is 11.5 Å². The number of carbonyl (C=O) groups excluding carboxylic acids is 1. The van der Waals surface area contributed by atoms with E-state index in [4.69, 9.17) is 16.3 Å². The number of amides is 1. The van der Waals surface area contributed by atoms with Crippen LogP contribution in [0.4, 0.5) is 0 Å². The maximum absolute atomic E-state index is 12.5. The molecular weight excluding hydrogens is 412 g/mol. The van der Waals surface area contributed by atoms with Crippen molar-refractivity contribution >= 4 is 33.8 Å². The number of ether oxygens (including phenoxy) is 1. The Kier molecular flexibility index (Phi) is 5.84. The van der Waals surface area contributed by atoms with Crippen LogP contribution in [-0.2, 0) is 11.3 Å². The lowest BCUT2D eigenvalue weighted by Crippen LogP contribution is -2.49. The molecular formula is C20H21ClN4O3S. The van der Waals surface area contributed by atoms with Crippen LogP contribution in [0.1, 0.15) is 11.3 Å². The van der Waals surface area contributed by atoms with Crippen molar-refractivity contribution in [3.63, 3.8) is 0 Å². The number of carbonyl (C=O) groups is 1. The number of benzene rings is 1. The second-order valence-electron chi connectivity index (χ2n) is 7.00. The molecule has 4 rings (SSSR count). The molecule has 0 aliphatic carbocycles. The normalized spacial score (nSPS) is 15.0. The lowest BCUT2D eigenvalue weighted by atomic mass is 10.2. The fourth-order valence-corrected chi connectivity index (χ4v) is 4.32. The van der Waals surface area contributed by atoms with E-state index in [1.807, 2.05) is 23.3 Å². The molecule has 1 aromatic carbocycles. The van der Waals surface area contributed by atoms with Crippen molar-refractivity contribution in [3.05, 3.63) is 62.5 Å². The van der Waals surface area contributed by atoms with E-state index < -0.39 is 0 Å². The smallest absolute Gasteiger partial charge is 0.260 e. The fourth-order valence-electron chi connectivity index (χ4n) is 3.36. The number of rotatable bonds is 5. The van der Waals surface area contributed by atoms with Crippen molar-refractivity contribution in [2.75, 3.05) is 32.8 Å². The Hall–Kier alpha value is -2.42. The summed E-state index contributed by atoms with van der Waals surface area (Å²) >= 11 is 7.39. The van der Waals surface area contributed by atoms with Gasteiger partial charge >= 0.3 is 0 Å². The number of piperazine rings is 1. The van der Waals surface area contributed by atoms with Gasteiger partial charge in [-0.15, -0.1) is 11.3 Å². The highest BCUT2D eigenvalue weighted by molar-refractivity contribution is 7.15. The highest BCUT2D eigenvalue weighted by atomic mass is 35.5. The predicted octanol–water partition coefficient (Wildman–Crippen LogP) is 2.44. The van der Waals surface area contributed by atoms with Crippen molar-refractivity contribution < 1.29 is 9.53 Å². The quantitative estimate of drug-likeness (QED) is 0.619. The van der Waals surface area contributed by atoms with Crippen molar-refractivity contribution in [1.29, 1.82) is 0 Å². The Balaban J connectivity index is 1.29. The molecule has 0 unspecified atom stereocenters. The first-order chi connectivity index (χ1) is 14.0. The molecule has 0 bridgehead atoms. The highest BCUT2D eigenvalue weighted by Gasteiger charge is 2.22. The van der Waals surface area contributed by atoms with Gasteiger partial charge in [0.05, 0.1) is 5.69 Å². The molecule has 1 fully saturated rings. The lowest BCUT2D eigenvalue weighted by molar-refractivity contribution is -0.135. The minimum Gasteiger partial charge on any atom is -0.483 e. The molecule has 1 amide bonds. The van der Waals surface area contributed by atoms with Crippen molar-refractivity contribution in [1.82, 2.24) is 19.2 Å². The van der Waals surface area contributed by atoms with Gasteiger partial charge in [-0.3, -0.25) is 18.9 Å². The van der Waals surface area contributed by atoms with E-state index in [9.17, 15) is 9.59 Å². The molecule has 0 N–H and O–H groups in total. The van der Waals surface area contributed by atoms with Gasteiger partial charge in [-0.1, -0.05) is 11.6 Å². The molecule has 3 heterocycles. The van der Waals surface area contributed by atoms with Gasteiger partial charge < -0.3 is 9.64 Å². The standard InChI is InChI=1S/C20H21ClN4O3S/c1-14-10-15(21)2-3-17(14)28-13-19(27)24-6-4-23(5-7-24)12-16-11-18(26)25-8-9-29-20(25)22-16/h2-3,8-11H,4-7,12-13H2,1H3. The average Bonchev–Trinajstić information content (AvgIpc) is 3.17. The summed E-state index contributed by atoms with van der Waals surface area (Å²) in [5.41, 5.74) is 1.61. The zero-order chi connectivity index (χ0) is 20.4. The molecule has 0 spiro atoms. The highest BCUT2D eigenvalue weighted by Crippen LogP contribution is 2.21. The third-order valence-electron chi connectivity index (χ3n) is 4.95. The molecule has 29 heavy (non-hydrogen) atoms. The van der Waals surface area contributed by atoms with Crippen molar-refractivity contribution in [2.45, 2.75) is 13.5 Å². The summed E-state index contributed by atoms with van der Waals surface area (Å²) in [6.45, 7) is 5.23. The summed E-state index contributed by atoms with van der Waals surface area (Å²) in [4.78, 5) is 33.9. The van der Waals surface area contributed by atoms with Crippen LogP contribution in [0.5, 0.6) is 5.75 Å². The third kappa shape index (κ3) is 4.60. The molecule has 1 saturated heterocycles. The van der Waals surface area contributed by atoms with Crippen molar-refractivity contribution in [3.8, 4) is 5.75 Å². The van der Waals surface area contributed by atoms with E-state index >= 15 is 0 Å². The van der Waals surface area contributed by atoms with Crippen LogP contribution in [-0.4, -0.2) is 57.9 Å². The lowest BCUT2D eigenvalue weighted by Gasteiger charge is -2.34. The van der Waals surface area contributed by atoms with E-state index in [1.54, 1.807) is 28.8 Å². The van der Waals surface area contributed by atoms with Crippen LogP contribution >= 0.6 is 22.9 Å². The maximum Gasteiger partial charge on any atom is 0.260 e. The number of aryl methyl sites for hydroxylation is 1. The number of hydrogen-bond acceptors (Lipinski definition) is 6. The zero-order valence-electron chi connectivity index (χ0n) is 16.0. The molecule has 1 aliphatic rings. The fraction of sp³-hybridized carbons (Fsp3) is 0.350. The van der Waals surface area contributed by atoms with Gasteiger partial charge in [-0.25, -0.2) is 4.98 Å². The third-order valence-corrected chi connectivity index (χ3v) is 5.95. The van der Waals surface area contributed by atoms with E-state index in [0.717, 1.165) is 24.3 Å². The molecule has 2 aromatic heterocycles. The van der Waals surface area contributed by atoms with E-state index in [-0.39, 0.29) is 18.1 Å². The number of hydrogen-bond donors (Lipinski definition) is 0. The Labute approximate surface area is 177 Å².